The van der Waals surface area contributed by atoms with E-state index in [1.54, 1.807) is 0 Å². The van der Waals surface area contributed by atoms with Crippen LogP contribution in [0.4, 0.5) is 5.13 Å². The second-order valence-electron chi connectivity index (χ2n) is 6.27. The summed E-state index contributed by atoms with van der Waals surface area (Å²) in [7, 11) is 0. The van der Waals surface area contributed by atoms with Crippen LogP contribution in [0.5, 0.6) is 0 Å². The standard InChI is InChI=1S/C18H19BrN4OS/c1-11-10-25-18(21-11)22-17(24)9-23-15-3-2-12(19)8-14(15)13-4-6-20-7-5-16(13)23/h2-3,8,10,20H,4-7,9H2,1H3,(H,21,22,24). The van der Waals surface area contributed by atoms with Crippen molar-refractivity contribution in [2.24, 2.45) is 0 Å². The molecule has 5 nitrogen and oxygen atoms in total. The monoisotopic (exact) mass is 418 g/mol. The van der Waals surface area contributed by atoms with Crippen LogP contribution in [0.25, 0.3) is 10.9 Å². The molecule has 0 fully saturated rings. The molecule has 25 heavy (non-hydrogen) atoms. The maximum Gasteiger partial charge on any atom is 0.246 e. The van der Waals surface area contributed by atoms with Crippen molar-refractivity contribution in [3.63, 3.8) is 0 Å². The lowest BCUT2D eigenvalue weighted by Gasteiger charge is -2.10. The van der Waals surface area contributed by atoms with Crippen molar-refractivity contribution >= 4 is 49.2 Å². The first-order chi connectivity index (χ1) is 12.1. The van der Waals surface area contributed by atoms with Crippen LogP contribution < -0.4 is 10.6 Å². The SMILES string of the molecule is Cc1csc(NC(=O)Cn2c3c(c4cc(Br)ccc42)CCNCC3)n1. The number of hydrogen-bond acceptors (Lipinski definition) is 4. The number of carbonyl (C=O) groups excluding carboxylic acids is 1. The van der Waals surface area contributed by atoms with Gasteiger partial charge in [0.05, 0.1) is 5.69 Å². The molecule has 0 atom stereocenters. The first-order valence-corrected chi connectivity index (χ1v) is 10.0. The van der Waals surface area contributed by atoms with Crippen molar-refractivity contribution < 1.29 is 4.79 Å². The number of benzene rings is 1. The van der Waals surface area contributed by atoms with Crippen LogP contribution in [-0.2, 0) is 24.2 Å². The first kappa shape index (κ1) is 16.8. The van der Waals surface area contributed by atoms with Gasteiger partial charge in [-0.05, 0) is 43.7 Å². The number of nitrogens with one attached hydrogen (secondary N) is 2. The van der Waals surface area contributed by atoms with Crippen molar-refractivity contribution in [2.45, 2.75) is 26.3 Å². The zero-order valence-corrected chi connectivity index (χ0v) is 16.3. The molecule has 0 saturated heterocycles. The van der Waals surface area contributed by atoms with Crippen LogP contribution in [0.15, 0.2) is 28.1 Å². The number of rotatable bonds is 3. The van der Waals surface area contributed by atoms with Crippen LogP contribution >= 0.6 is 27.3 Å². The van der Waals surface area contributed by atoms with Crippen molar-refractivity contribution in [3.05, 3.63) is 45.0 Å². The molecule has 0 spiro atoms. The lowest BCUT2D eigenvalue weighted by Crippen LogP contribution is -2.21. The number of thiazole rings is 1. The van der Waals surface area contributed by atoms with Gasteiger partial charge in [-0.1, -0.05) is 15.9 Å². The smallest absolute Gasteiger partial charge is 0.246 e. The van der Waals surface area contributed by atoms with E-state index in [-0.39, 0.29) is 5.91 Å². The summed E-state index contributed by atoms with van der Waals surface area (Å²) in [5, 5.41) is 10.2. The molecular weight excluding hydrogens is 400 g/mol. The third kappa shape index (κ3) is 3.36. The molecule has 0 aliphatic carbocycles. The topological polar surface area (TPSA) is 59.0 Å². The number of fused-ring (bicyclic) bond motifs is 3. The number of aryl methyl sites for hydroxylation is 1. The van der Waals surface area contributed by atoms with E-state index in [2.05, 4.69) is 48.2 Å². The highest BCUT2D eigenvalue weighted by atomic mass is 79.9. The second-order valence-corrected chi connectivity index (χ2v) is 8.04. The molecule has 2 aromatic heterocycles. The Morgan fingerprint density at radius 2 is 2.24 bits per heavy atom. The summed E-state index contributed by atoms with van der Waals surface area (Å²) in [4.78, 5) is 16.9. The number of nitrogens with zero attached hydrogens (tertiary/aromatic N) is 2. The number of carbonyl (C=O) groups is 1. The second kappa shape index (κ2) is 6.90. The van der Waals surface area contributed by atoms with Gasteiger partial charge in [-0.2, -0.15) is 0 Å². The Hall–Kier alpha value is -1.70. The molecule has 7 heteroatoms. The van der Waals surface area contributed by atoms with Crippen molar-refractivity contribution in [2.75, 3.05) is 18.4 Å². The Balaban J connectivity index is 1.70. The van der Waals surface area contributed by atoms with Gasteiger partial charge in [0.15, 0.2) is 5.13 Å². The van der Waals surface area contributed by atoms with Gasteiger partial charge in [0, 0.05) is 39.4 Å². The van der Waals surface area contributed by atoms with E-state index in [9.17, 15) is 4.79 Å². The molecule has 4 rings (SSSR count). The number of anilines is 1. The molecule has 0 bridgehead atoms. The highest BCUT2D eigenvalue weighted by molar-refractivity contribution is 9.10. The zero-order valence-electron chi connectivity index (χ0n) is 13.9. The molecule has 1 aliphatic heterocycles. The Morgan fingerprint density at radius 1 is 1.40 bits per heavy atom. The number of amides is 1. The van der Waals surface area contributed by atoms with Gasteiger partial charge < -0.3 is 15.2 Å². The van der Waals surface area contributed by atoms with E-state index in [1.807, 2.05) is 18.4 Å². The maximum absolute atomic E-state index is 12.6. The molecule has 0 saturated carbocycles. The van der Waals surface area contributed by atoms with E-state index in [0.29, 0.717) is 11.7 Å². The molecule has 3 aromatic rings. The first-order valence-electron chi connectivity index (χ1n) is 8.34. The largest absolute Gasteiger partial charge is 0.335 e. The maximum atomic E-state index is 12.6. The highest BCUT2D eigenvalue weighted by Gasteiger charge is 2.20. The third-order valence-corrected chi connectivity index (χ3v) is 5.87. The summed E-state index contributed by atoms with van der Waals surface area (Å²) in [5.41, 5.74) is 4.68. The number of halogens is 1. The van der Waals surface area contributed by atoms with Crippen LogP contribution in [0.2, 0.25) is 0 Å². The molecule has 2 N–H and O–H groups in total. The molecule has 1 aliphatic rings. The fraction of sp³-hybridized carbons (Fsp3) is 0.333. The van der Waals surface area contributed by atoms with Gasteiger partial charge in [-0.15, -0.1) is 11.3 Å². The van der Waals surface area contributed by atoms with Crippen LogP contribution in [0.1, 0.15) is 17.0 Å². The Labute approximate surface area is 158 Å². The van der Waals surface area contributed by atoms with Gasteiger partial charge in [0.1, 0.15) is 6.54 Å². The van der Waals surface area contributed by atoms with Gasteiger partial charge in [-0.25, -0.2) is 4.98 Å². The van der Waals surface area contributed by atoms with Crippen LogP contribution in [0.3, 0.4) is 0 Å². The summed E-state index contributed by atoms with van der Waals surface area (Å²) in [5.74, 6) is -0.0332. The normalized spacial score (nSPS) is 14.3. The van der Waals surface area contributed by atoms with E-state index >= 15 is 0 Å². The molecule has 1 amide bonds. The molecule has 0 unspecified atom stereocenters. The quantitative estimate of drug-likeness (QED) is 0.684. The van der Waals surface area contributed by atoms with E-state index < -0.39 is 0 Å². The lowest BCUT2D eigenvalue weighted by molar-refractivity contribution is -0.116. The summed E-state index contributed by atoms with van der Waals surface area (Å²) >= 11 is 5.04. The van der Waals surface area contributed by atoms with E-state index in [4.69, 9.17) is 0 Å². The van der Waals surface area contributed by atoms with E-state index in [1.165, 1.54) is 28.0 Å². The summed E-state index contributed by atoms with van der Waals surface area (Å²) < 4.78 is 3.24. The van der Waals surface area contributed by atoms with Gasteiger partial charge in [0.25, 0.3) is 0 Å². The van der Waals surface area contributed by atoms with Gasteiger partial charge in [-0.3, -0.25) is 4.79 Å². The molecule has 3 heterocycles. The molecule has 1 aromatic carbocycles. The van der Waals surface area contributed by atoms with Crippen molar-refractivity contribution in [1.29, 1.82) is 0 Å². The Morgan fingerprint density at radius 3 is 3.04 bits per heavy atom. The van der Waals surface area contributed by atoms with Crippen LogP contribution in [-0.4, -0.2) is 28.5 Å². The minimum Gasteiger partial charge on any atom is -0.335 e. The Bertz CT molecular complexity index is 946. The van der Waals surface area contributed by atoms with Crippen molar-refractivity contribution in [3.8, 4) is 0 Å². The zero-order chi connectivity index (χ0) is 17.4. The Kier molecular flexibility index (Phi) is 4.62. The average Bonchev–Trinajstić information content (AvgIpc) is 2.99. The summed E-state index contributed by atoms with van der Waals surface area (Å²) in [6.07, 6.45) is 1.92. The minimum atomic E-state index is -0.0332. The predicted octanol–water partition coefficient (Wildman–Crippen LogP) is 3.50. The van der Waals surface area contributed by atoms with Gasteiger partial charge >= 0.3 is 0 Å². The molecule has 130 valence electrons. The number of aromatic nitrogens is 2. The van der Waals surface area contributed by atoms with Crippen molar-refractivity contribution in [1.82, 2.24) is 14.9 Å². The highest BCUT2D eigenvalue weighted by Crippen LogP contribution is 2.30. The summed E-state index contributed by atoms with van der Waals surface area (Å²) in [6.45, 7) is 4.16. The van der Waals surface area contributed by atoms with E-state index in [0.717, 1.165) is 41.6 Å². The fourth-order valence-corrected chi connectivity index (χ4v) is 4.52. The fourth-order valence-electron chi connectivity index (χ4n) is 3.45. The number of hydrogen-bond donors (Lipinski definition) is 2. The van der Waals surface area contributed by atoms with Crippen LogP contribution in [0, 0.1) is 6.92 Å². The molecule has 0 radical (unpaired) electrons. The molecular formula is C18H19BrN4OS. The van der Waals surface area contributed by atoms with Gasteiger partial charge in [0.2, 0.25) is 5.91 Å². The third-order valence-electron chi connectivity index (χ3n) is 4.51. The lowest BCUT2D eigenvalue weighted by atomic mass is 10.1. The minimum absolute atomic E-state index is 0.0332. The predicted molar refractivity (Wildman–Crippen MR) is 105 cm³/mol. The summed E-state index contributed by atoms with van der Waals surface area (Å²) in [6, 6.07) is 6.30. The average molecular weight is 419 g/mol.